The van der Waals surface area contributed by atoms with E-state index >= 15 is 0 Å². The lowest BCUT2D eigenvalue weighted by Crippen LogP contribution is -2.13. The fourth-order valence-electron chi connectivity index (χ4n) is 2.17. The Balaban J connectivity index is 2.09. The van der Waals surface area contributed by atoms with Gasteiger partial charge in [0.2, 0.25) is 0 Å². The molecule has 0 aliphatic carbocycles. The van der Waals surface area contributed by atoms with Gasteiger partial charge in [0.15, 0.2) is 0 Å². The standard InChI is InChI=1S/C16H15BrF2O/c17-16-13(2-1-3-15(16)19)9-12(10-20)8-11-4-6-14(18)7-5-11/h1-7,12,20H,8-10H2. The summed E-state index contributed by atoms with van der Waals surface area (Å²) in [4.78, 5) is 0. The maximum atomic E-state index is 13.5. The number of hydrogen-bond acceptors (Lipinski definition) is 1. The van der Waals surface area contributed by atoms with E-state index in [1.807, 2.05) is 6.07 Å². The molecule has 0 saturated carbocycles. The number of benzene rings is 2. The van der Waals surface area contributed by atoms with Crippen LogP contribution in [0.3, 0.4) is 0 Å². The number of rotatable bonds is 5. The van der Waals surface area contributed by atoms with E-state index in [1.54, 1.807) is 18.2 Å². The van der Waals surface area contributed by atoms with Gasteiger partial charge in [-0.05, 0) is 64.0 Å². The van der Waals surface area contributed by atoms with E-state index in [2.05, 4.69) is 15.9 Å². The Morgan fingerprint density at radius 2 is 1.70 bits per heavy atom. The zero-order valence-corrected chi connectivity index (χ0v) is 12.4. The number of halogens is 3. The van der Waals surface area contributed by atoms with E-state index in [0.717, 1.165) is 11.1 Å². The SMILES string of the molecule is OCC(Cc1ccc(F)cc1)Cc1cccc(F)c1Br. The van der Waals surface area contributed by atoms with Crippen LogP contribution >= 0.6 is 15.9 Å². The molecule has 0 heterocycles. The van der Waals surface area contributed by atoms with Crippen molar-refractivity contribution in [1.82, 2.24) is 0 Å². The highest BCUT2D eigenvalue weighted by molar-refractivity contribution is 9.10. The highest BCUT2D eigenvalue weighted by Gasteiger charge is 2.13. The van der Waals surface area contributed by atoms with Crippen molar-refractivity contribution in [3.05, 3.63) is 69.7 Å². The molecule has 20 heavy (non-hydrogen) atoms. The molecule has 0 aromatic heterocycles. The minimum atomic E-state index is -0.305. The second-order valence-electron chi connectivity index (χ2n) is 4.80. The first-order chi connectivity index (χ1) is 9.60. The van der Waals surface area contributed by atoms with E-state index in [9.17, 15) is 13.9 Å². The van der Waals surface area contributed by atoms with Crippen LogP contribution in [0, 0.1) is 17.6 Å². The molecule has 0 aliphatic heterocycles. The Kier molecular flexibility index (Phi) is 5.26. The highest BCUT2D eigenvalue weighted by atomic mass is 79.9. The lowest BCUT2D eigenvalue weighted by molar-refractivity contribution is 0.224. The van der Waals surface area contributed by atoms with Gasteiger partial charge < -0.3 is 5.11 Å². The molecule has 1 atom stereocenters. The van der Waals surface area contributed by atoms with Crippen LogP contribution in [0.15, 0.2) is 46.9 Å². The van der Waals surface area contributed by atoms with Crippen molar-refractivity contribution in [2.75, 3.05) is 6.61 Å². The van der Waals surface area contributed by atoms with E-state index in [-0.39, 0.29) is 24.2 Å². The molecule has 1 unspecified atom stereocenters. The predicted molar refractivity (Wildman–Crippen MR) is 78.5 cm³/mol. The molecule has 2 rings (SSSR count). The molecular formula is C16H15BrF2O. The largest absolute Gasteiger partial charge is 0.396 e. The van der Waals surface area contributed by atoms with Crippen molar-refractivity contribution in [3.8, 4) is 0 Å². The first-order valence-corrected chi connectivity index (χ1v) is 7.17. The fourth-order valence-corrected chi connectivity index (χ4v) is 2.60. The molecule has 0 radical (unpaired) electrons. The third-order valence-electron chi connectivity index (χ3n) is 3.24. The lowest BCUT2D eigenvalue weighted by Gasteiger charge is -2.15. The lowest BCUT2D eigenvalue weighted by atomic mass is 9.93. The number of hydrogen-bond donors (Lipinski definition) is 1. The summed E-state index contributed by atoms with van der Waals surface area (Å²) < 4.78 is 26.7. The van der Waals surface area contributed by atoms with Gasteiger partial charge >= 0.3 is 0 Å². The van der Waals surface area contributed by atoms with Gasteiger partial charge in [-0.25, -0.2) is 8.78 Å². The first-order valence-electron chi connectivity index (χ1n) is 6.38. The Morgan fingerprint density at radius 3 is 2.35 bits per heavy atom. The van der Waals surface area contributed by atoms with E-state index in [1.165, 1.54) is 18.2 Å². The average molecular weight is 341 g/mol. The summed E-state index contributed by atoms with van der Waals surface area (Å²) in [5.74, 6) is -0.610. The Morgan fingerprint density at radius 1 is 1.00 bits per heavy atom. The van der Waals surface area contributed by atoms with Gasteiger partial charge in [0.25, 0.3) is 0 Å². The zero-order chi connectivity index (χ0) is 14.5. The van der Waals surface area contributed by atoms with Gasteiger partial charge in [0.05, 0.1) is 4.47 Å². The van der Waals surface area contributed by atoms with Gasteiger partial charge in [0, 0.05) is 6.61 Å². The maximum Gasteiger partial charge on any atom is 0.137 e. The van der Waals surface area contributed by atoms with E-state index in [4.69, 9.17) is 0 Å². The summed E-state index contributed by atoms with van der Waals surface area (Å²) in [5.41, 5.74) is 1.78. The maximum absolute atomic E-state index is 13.5. The minimum Gasteiger partial charge on any atom is -0.396 e. The molecule has 0 amide bonds. The fraction of sp³-hybridized carbons (Fsp3) is 0.250. The van der Waals surface area contributed by atoms with Crippen molar-refractivity contribution in [2.45, 2.75) is 12.8 Å². The molecule has 0 fully saturated rings. The van der Waals surface area contributed by atoms with E-state index < -0.39 is 0 Å². The van der Waals surface area contributed by atoms with Gasteiger partial charge in [0.1, 0.15) is 11.6 Å². The van der Waals surface area contributed by atoms with Gasteiger partial charge in [-0.3, -0.25) is 0 Å². The molecule has 0 saturated heterocycles. The molecule has 0 bridgehead atoms. The Bertz CT molecular complexity index is 569. The first kappa shape index (κ1) is 15.1. The molecule has 2 aromatic rings. The molecule has 0 spiro atoms. The normalized spacial score (nSPS) is 12.4. The highest BCUT2D eigenvalue weighted by Crippen LogP contribution is 2.24. The zero-order valence-electron chi connectivity index (χ0n) is 10.8. The second kappa shape index (κ2) is 6.95. The third kappa shape index (κ3) is 3.87. The van der Waals surface area contributed by atoms with Crippen molar-refractivity contribution in [2.24, 2.45) is 5.92 Å². The number of aliphatic hydroxyl groups excluding tert-OH is 1. The van der Waals surface area contributed by atoms with Crippen LogP contribution < -0.4 is 0 Å². The molecule has 2 aromatic carbocycles. The molecule has 4 heteroatoms. The molecule has 1 nitrogen and oxygen atoms in total. The van der Waals surface area contributed by atoms with Crippen molar-refractivity contribution in [1.29, 1.82) is 0 Å². The molecular weight excluding hydrogens is 326 g/mol. The monoisotopic (exact) mass is 340 g/mol. The summed E-state index contributed by atoms with van der Waals surface area (Å²) >= 11 is 3.23. The van der Waals surface area contributed by atoms with Crippen LogP contribution in [0.5, 0.6) is 0 Å². The molecule has 0 aliphatic rings. The Labute approximate surface area is 125 Å². The van der Waals surface area contributed by atoms with Crippen molar-refractivity contribution < 1.29 is 13.9 Å². The second-order valence-corrected chi connectivity index (χ2v) is 5.59. The summed E-state index contributed by atoms with van der Waals surface area (Å²) in [6.07, 6.45) is 1.19. The summed E-state index contributed by atoms with van der Waals surface area (Å²) in [5, 5.41) is 9.48. The number of aliphatic hydroxyl groups is 1. The van der Waals surface area contributed by atoms with Gasteiger partial charge in [-0.15, -0.1) is 0 Å². The summed E-state index contributed by atoms with van der Waals surface area (Å²) in [6, 6.07) is 11.1. The molecule has 1 N–H and O–H groups in total. The van der Waals surface area contributed by atoms with Crippen LogP contribution in [0.25, 0.3) is 0 Å². The van der Waals surface area contributed by atoms with Crippen molar-refractivity contribution >= 4 is 15.9 Å². The summed E-state index contributed by atoms with van der Waals surface area (Å²) in [6.45, 7) is 0.000327. The van der Waals surface area contributed by atoms with Gasteiger partial charge in [-0.2, -0.15) is 0 Å². The summed E-state index contributed by atoms with van der Waals surface area (Å²) in [7, 11) is 0. The quantitative estimate of drug-likeness (QED) is 0.867. The van der Waals surface area contributed by atoms with Crippen LogP contribution in [0.4, 0.5) is 8.78 Å². The minimum absolute atomic E-state index is 0.000327. The topological polar surface area (TPSA) is 20.2 Å². The average Bonchev–Trinajstić information content (AvgIpc) is 2.45. The third-order valence-corrected chi connectivity index (χ3v) is 4.12. The van der Waals surface area contributed by atoms with Crippen LogP contribution in [-0.2, 0) is 12.8 Å². The van der Waals surface area contributed by atoms with Crippen LogP contribution in [0.2, 0.25) is 0 Å². The van der Waals surface area contributed by atoms with Crippen LogP contribution in [-0.4, -0.2) is 11.7 Å². The predicted octanol–water partition coefficient (Wildman–Crippen LogP) is 4.12. The van der Waals surface area contributed by atoms with Gasteiger partial charge in [-0.1, -0.05) is 24.3 Å². The smallest absolute Gasteiger partial charge is 0.137 e. The van der Waals surface area contributed by atoms with E-state index in [0.29, 0.717) is 17.3 Å². The van der Waals surface area contributed by atoms with Crippen molar-refractivity contribution in [3.63, 3.8) is 0 Å². The van der Waals surface area contributed by atoms with Crippen LogP contribution in [0.1, 0.15) is 11.1 Å². The molecule has 106 valence electrons. The Hall–Kier alpha value is -1.26.